The maximum absolute atomic E-state index is 10.3. The summed E-state index contributed by atoms with van der Waals surface area (Å²) in [4.78, 5) is 10.3. The van der Waals surface area contributed by atoms with Crippen LogP contribution in [0.2, 0.25) is 0 Å². The Balaban J connectivity index is 0.000000191. The summed E-state index contributed by atoms with van der Waals surface area (Å²) in [6.45, 7) is 1.33. The molecule has 0 radical (unpaired) electrons. The van der Waals surface area contributed by atoms with Gasteiger partial charge in [-0.3, -0.25) is 0 Å². The number of rotatable bonds is 10. The Morgan fingerprint density at radius 3 is 1.41 bits per heavy atom. The van der Waals surface area contributed by atoms with Crippen LogP contribution in [0.5, 0.6) is 11.5 Å². The highest BCUT2D eigenvalue weighted by atomic mass is 16.5. The number of hydrogen-bond acceptors (Lipinski definition) is 4. The van der Waals surface area contributed by atoms with Gasteiger partial charge in [0.1, 0.15) is 31.0 Å². The van der Waals surface area contributed by atoms with Crippen LogP contribution in [0, 0.1) is 0 Å². The molecule has 0 fully saturated rings. The minimum absolute atomic E-state index is 0.185. The van der Waals surface area contributed by atoms with Crippen molar-refractivity contribution < 1.29 is 19.4 Å². The van der Waals surface area contributed by atoms with Gasteiger partial charge >= 0.3 is 0 Å². The first kappa shape index (κ1) is 24.7. The van der Waals surface area contributed by atoms with Crippen LogP contribution in [0.15, 0.2) is 109 Å². The Bertz CT molecular complexity index is 1080. The van der Waals surface area contributed by atoms with Crippen LogP contribution < -0.4 is 9.47 Å². The smallest absolute Gasteiger partial charge is 0.124 e. The van der Waals surface area contributed by atoms with Gasteiger partial charge in [-0.2, -0.15) is 0 Å². The standard InChI is InChI=1S/C15H16O2.C15H14O2/c2*16-11-10-13-6-8-15(9-7-13)17-12-14-4-2-1-3-5-14/h1-9,16H,10-12H2;1-9,11H,10,12H2. The predicted molar refractivity (Wildman–Crippen MR) is 135 cm³/mol. The molecule has 174 valence electrons. The lowest BCUT2D eigenvalue weighted by Gasteiger charge is -2.06. The molecular formula is C30H30O4. The Kier molecular flexibility index (Phi) is 10.4. The number of carbonyl (C=O) groups excluding carboxylic acids is 1. The minimum Gasteiger partial charge on any atom is -0.489 e. The number of aliphatic hydroxyl groups is 1. The number of aldehydes is 1. The average Bonchev–Trinajstić information content (AvgIpc) is 2.90. The van der Waals surface area contributed by atoms with Gasteiger partial charge < -0.3 is 19.4 Å². The van der Waals surface area contributed by atoms with Gasteiger partial charge in [-0.1, -0.05) is 84.9 Å². The highest BCUT2D eigenvalue weighted by Crippen LogP contribution is 2.15. The first-order valence-electron chi connectivity index (χ1n) is 11.3. The molecule has 0 aliphatic heterocycles. The van der Waals surface area contributed by atoms with Gasteiger partial charge in [0, 0.05) is 13.0 Å². The van der Waals surface area contributed by atoms with Crippen LogP contribution >= 0.6 is 0 Å². The summed E-state index contributed by atoms with van der Waals surface area (Å²) in [5.74, 6) is 1.68. The third-order valence-corrected chi connectivity index (χ3v) is 5.06. The quantitative estimate of drug-likeness (QED) is 0.307. The zero-order valence-corrected chi connectivity index (χ0v) is 19.2. The van der Waals surface area contributed by atoms with E-state index in [1.807, 2.05) is 109 Å². The molecule has 0 aliphatic carbocycles. The van der Waals surface area contributed by atoms with E-state index in [0.29, 0.717) is 26.1 Å². The number of hydrogen-bond donors (Lipinski definition) is 1. The summed E-state index contributed by atoms with van der Waals surface area (Å²) in [5.41, 5.74) is 4.43. The lowest BCUT2D eigenvalue weighted by atomic mass is 10.1. The van der Waals surface area contributed by atoms with E-state index in [0.717, 1.165) is 40.0 Å². The van der Waals surface area contributed by atoms with E-state index in [-0.39, 0.29) is 6.61 Å². The van der Waals surface area contributed by atoms with E-state index in [1.165, 1.54) is 0 Å². The SMILES string of the molecule is O=CCc1ccc(OCc2ccccc2)cc1.OCCc1ccc(OCc2ccccc2)cc1. The summed E-state index contributed by atoms with van der Waals surface area (Å²) >= 11 is 0. The van der Waals surface area contributed by atoms with Crippen molar-refractivity contribution in [3.05, 3.63) is 131 Å². The summed E-state index contributed by atoms with van der Waals surface area (Å²) in [7, 11) is 0. The van der Waals surface area contributed by atoms with Gasteiger partial charge in [0.25, 0.3) is 0 Å². The fraction of sp³-hybridized carbons (Fsp3) is 0.167. The van der Waals surface area contributed by atoms with E-state index in [4.69, 9.17) is 14.6 Å². The zero-order valence-electron chi connectivity index (χ0n) is 19.2. The highest BCUT2D eigenvalue weighted by molar-refractivity contribution is 5.55. The molecule has 0 unspecified atom stereocenters. The van der Waals surface area contributed by atoms with Crippen LogP contribution in [-0.2, 0) is 30.8 Å². The average molecular weight is 455 g/mol. The Morgan fingerprint density at radius 1 is 0.559 bits per heavy atom. The zero-order chi connectivity index (χ0) is 23.8. The highest BCUT2D eigenvalue weighted by Gasteiger charge is 1.97. The van der Waals surface area contributed by atoms with Gasteiger partial charge in [0.15, 0.2) is 0 Å². The van der Waals surface area contributed by atoms with Crippen molar-refractivity contribution in [2.24, 2.45) is 0 Å². The topological polar surface area (TPSA) is 55.8 Å². The fourth-order valence-corrected chi connectivity index (χ4v) is 3.18. The second kappa shape index (κ2) is 14.3. The van der Waals surface area contributed by atoms with Crippen molar-refractivity contribution in [2.45, 2.75) is 26.1 Å². The molecule has 0 atom stereocenters. The number of ether oxygens (including phenoxy) is 2. The Labute approximate surface area is 201 Å². The van der Waals surface area contributed by atoms with Gasteiger partial charge in [-0.15, -0.1) is 0 Å². The number of carbonyl (C=O) groups is 1. The summed E-state index contributed by atoms with van der Waals surface area (Å²) in [6, 6.07) is 35.6. The van der Waals surface area contributed by atoms with E-state index in [9.17, 15) is 4.79 Å². The summed E-state index contributed by atoms with van der Waals surface area (Å²) < 4.78 is 11.3. The second-order valence-electron chi connectivity index (χ2n) is 7.68. The molecule has 1 N–H and O–H groups in total. The predicted octanol–water partition coefficient (Wildman–Crippen LogP) is 5.81. The Hall–Kier alpha value is -3.89. The maximum Gasteiger partial charge on any atom is 0.124 e. The lowest BCUT2D eigenvalue weighted by molar-refractivity contribution is -0.107. The molecule has 0 aromatic heterocycles. The first-order chi connectivity index (χ1) is 16.8. The van der Waals surface area contributed by atoms with Crippen molar-refractivity contribution >= 4 is 6.29 Å². The third kappa shape index (κ3) is 8.93. The van der Waals surface area contributed by atoms with E-state index in [1.54, 1.807) is 0 Å². The van der Waals surface area contributed by atoms with E-state index < -0.39 is 0 Å². The van der Waals surface area contributed by atoms with Crippen molar-refractivity contribution in [3.63, 3.8) is 0 Å². The maximum atomic E-state index is 10.3. The number of aliphatic hydroxyl groups excluding tert-OH is 1. The molecule has 4 nitrogen and oxygen atoms in total. The van der Waals surface area contributed by atoms with Crippen molar-refractivity contribution in [1.29, 1.82) is 0 Å². The van der Waals surface area contributed by atoms with Crippen LogP contribution in [0.25, 0.3) is 0 Å². The monoisotopic (exact) mass is 454 g/mol. The molecule has 4 aromatic rings. The minimum atomic E-state index is 0.185. The fourth-order valence-electron chi connectivity index (χ4n) is 3.18. The molecule has 4 aromatic carbocycles. The van der Waals surface area contributed by atoms with Crippen LogP contribution in [0.3, 0.4) is 0 Å². The lowest BCUT2D eigenvalue weighted by Crippen LogP contribution is -1.95. The molecule has 0 spiro atoms. The van der Waals surface area contributed by atoms with Gasteiger partial charge in [-0.25, -0.2) is 0 Å². The molecule has 34 heavy (non-hydrogen) atoms. The second-order valence-corrected chi connectivity index (χ2v) is 7.68. The normalized spacial score (nSPS) is 10.0. The van der Waals surface area contributed by atoms with Gasteiger partial charge in [-0.05, 0) is 52.9 Å². The van der Waals surface area contributed by atoms with E-state index >= 15 is 0 Å². The molecule has 4 rings (SSSR count). The molecule has 0 saturated heterocycles. The molecular weight excluding hydrogens is 424 g/mol. The summed E-state index contributed by atoms with van der Waals surface area (Å²) in [6.07, 6.45) is 2.05. The van der Waals surface area contributed by atoms with E-state index in [2.05, 4.69) is 0 Å². The van der Waals surface area contributed by atoms with Gasteiger partial charge in [0.2, 0.25) is 0 Å². The van der Waals surface area contributed by atoms with Crippen molar-refractivity contribution in [1.82, 2.24) is 0 Å². The van der Waals surface area contributed by atoms with Crippen LogP contribution in [-0.4, -0.2) is 18.0 Å². The third-order valence-electron chi connectivity index (χ3n) is 5.06. The van der Waals surface area contributed by atoms with Crippen molar-refractivity contribution in [2.75, 3.05) is 6.61 Å². The largest absolute Gasteiger partial charge is 0.489 e. The first-order valence-corrected chi connectivity index (χ1v) is 11.3. The van der Waals surface area contributed by atoms with Crippen molar-refractivity contribution in [3.8, 4) is 11.5 Å². The summed E-state index contributed by atoms with van der Waals surface area (Å²) in [5, 5.41) is 8.81. The van der Waals surface area contributed by atoms with Crippen LogP contribution in [0.1, 0.15) is 22.3 Å². The molecule has 0 saturated carbocycles. The Morgan fingerprint density at radius 2 is 1.00 bits per heavy atom. The molecule has 0 amide bonds. The van der Waals surface area contributed by atoms with Crippen LogP contribution in [0.4, 0.5) is 0 Å². The van der Waals surface area contributed by atoms with Gasteiger partial charge in [0.05, 0.1) is 0 Å². The number of benzene rings is 4. The molecule has 0 aliphatic rings. The molecule has 0 heterocycles. The molecule has 0 bridgehead atoms. The molecule has 4 heteroatoms.